The van der Waals surface area contributed by atoms with Gasteiger partial charge in [-0.1, -0.05) is 13.8 Å². The Hall–Kier alpha value is -2.11. The van der Waals surface area contributed by atoms with Crippen LogP contribution in [0.25, 0.3) is 5.76 Å². The molecule has 1 atom stereocenters. The number of hydrogen-bond donors (Lipinski definition) is 1. The zero-order valence-electron chi connectivity index (χ0n) is 10.4. The van der Waals surface area contributed by atoms with Gasteiger partial charge in [-0.05, 0) is 12.1 Å². The van der Waals surface area contributed by atoms with E-state index in [1.54, 1.807) is 13.8 Å². The molecule has 1 amide bonds. The third kappa shape index (κ3) is 2.52. The van der Waals surface area contributed by atoms with Crippen molar-refractivity contribution in [1.82, 2.24) is 4.90 Å². The number of nitrogens with zero attached hydrogens (tertiary/aromatic N) is 1. The lowest BCUT2D eigenvalue weighted by molar-refractivity contribution is 0.0320. The Balaban J connectivity index is 2.36. The number of carboxylic acid groups (broad SMARTS) is 1. The van der Waals surface area contributed by atoms with Crippen LogP contribution in [0, 0.1) is 17.6 Å². The van der Waals surface area contributed by atoms with Gasteiger partial charge in [-0.3, -0.25) is 0 Å². The van der Waals surface area contributed by atoms with Crippen LogP contribution in [0.15, 0.2) is 24.4 Å². The van der Waals surface area contributed by atoms with Gasteiger partial charge < -0.3 is 9.84 Å². The van der Waals surface area contributed by atoms with Crippen molar-refractivity contribution in [3.63, 3.8) is 0 Å². The summed E-state index contributed by atoms with van der Waals surface area (Å²) < 4.78 is 31.9. The number of rotatable bonds is 2. The summed E-state index contributed by atoms with van der Waals surface area (Å²) >= 11 is 0. The highest BCUT2D eigenvalue weighted by atomic mass is 19.1. The van der Waals surface area contributed by atoms with Gasteiger partial charge in [0, 0.05) is 12.0 Å². The maximum Gasteiger partial charge on any atom is 0.414 e. The van der Waals surface area contributed by atoms with E-state index < -0.39 is 24.0 Å². The molecule has 102 valence electrons. The molecule has 1 heterocycles. The third-order valence-electron chi connectivity index (χ3n) is 2.77. The summed E-state index contributed by atoms with van der Waals surface area (Å²) in [4.78, 5) is 12.1. The molecule has 0 radical (unpaired) electrons. The molecule has 6 heteroatoms. The van der Waals surface area contributed by atoms with Crippen LogP contribution in [0.1, 0.15) is 19.4 Å². The summed E-state index contributed by atoms with van der Waals surface area (Å²) in [5.41, 5.74) is 0.0378. The Bertz CT molecular complexity index is 543. The number of ether oxygens (including phenoxy) is 1. The Morgan fingerprint density at radius 2 is 2.11 bits per heavy atom. The lowest BCUT2D eigenvalue weighted by Crippen LogP contribution is -2.36. The Labute approximate surface area is 108 Å². The fourth-order valence-electron chi connectivity index (χ4n) is 1.86. The smallest absolute Gasteiger partial charge is 0.414 e. The summed E-state index contributed by atoms with van der Waals surface area (Å²) in [5.74, 6) is -1.51. The van der Waals surface area contributed by atoms with E-state index in [2.05, 4.69) is 0 Å². The molecule has 1 aromatic carbocycles. The van der Waals surface area contributed by atoms with Crippen molar-refractivity contribution in [3.8, 4) is 0 Å². The highest BCUT2D eigenvalue weighted by Gasteiger charge is 2.34. The molecule has 1 N–H and O–H groups in total. The zero-order valence-corrected chi connectivity index (χ0v) is 10.4. The molecule has 1 unspecified atom stereocenters. The van der Waals surface area contributed by atoms with Crippen molar-refractivity contribution in [3.05, 3.63) is 41.6 Å². The normalized spacial score (nSPS) is 18.5. The van der Waals surface area contributed by atoms with Crippen LogP contribution < -0.4 is 0 Å². The molecule has 1 aromatic rings. The van der Waals surface area contributed by atoms with Gasteiger partial charge in [0.2, 0.25) is 0 Å². The standard InChI is InChI=1S/C13H13F2NO3/c1-7(2)12-16(13(17)18)6-11(19-12)9-4-3-8(14)5-10(9)15/h3-7,12H,1-2H3,(H,17,18). The Morgan fingerprint density at radius 3 is 2.58 bits per heavy atom. The summed E-state index contributed by atoms with van der Waals surface area (Å²) in [6, 6.07) is 3.04. The maximum absolute atomic E-state index is 13.6. The van der Waals surface area contributed by atoms with Gasteiger partial charge >= 0.3 is 6.09 Å². The van der Waals surface area contributed by atoms with Crippen molar-refractivity contribution in [2.75, 3.05) is 0 Å². The first-order valence-electron chi connectivity index (χ1n) is 5.75. The first-order chi connectivity index (χ1) is 8.90. The average molecular weight is 269 g/mol. The van der Waals surface area contributed by atoms with Crippen molar-refractivity contribution in [1.29, 1.82) is 0 Å². The SMILES string of the molecule is CC(C)C1OC(c2ccc(F)cc2F)=CN1C(=O)O. The minimum atomic E-state index is -1.18. The molecule has 2 rings (SSSR count). The van der Waals surface area contributed by atoms with Gasteiger partial charge in [-0.25, -0.2) is 18.5 Å². The number of amides is 1. The van der Waals surface area contributed by atoms with Crippen LogP contribution >= 0.6 is 0 Å². The summed E-state index contributed by atoms with van der Waals surface area (Å²) in [7, 11) is 0. The van der Waals surface area contributed by atoms with Crippen LogP contribution in [-0.4, -0.2) is 22.3 Å². The van der Waals surface area contributed by atoms with E-state index in [-0.39, 0.29) is 17.2 Å². The highest BCUT2D eigenvalue weighted by Crippen LogP contribution is 2.31. The second-order valence-electron chi connectivity index (χ2n) is 4.56. The lowest BCUT2D eigenvalue weighted by atomic mass is 10.2. The predicted octanol–water partition coefficient (Wildman–Crippen LogP) is 3.26. The average Bonchev–Trinajstić information content (AvgIpc) is 2.73. The van der Waals surface area contributed by atoms with Crippen LogP contribution in [-0.2, 0) is 4.74 Å². The number of hydrogen-bond acceptors (Lipinski definition) is 2. The fourth-order valence-corrected chi connectivity index (χ4v) is 1.86. The topological polar surface area (TPSA) is 49.8 Å². The lowest BCUT2D eigenvalue weighted by Gasteiger charge is -2.23. The fraction of sp³-hybridized carbons (Fsp3) is 0.308. The van der Waals surface area contributed by atoms with Crippen molar-refractivity contribution < 1.29 is 23.4 Å². The quantitative estimate of drug-likeness (QED) is 0.896. The molecule has 0 spiro atoms. The monoisotopic (exact) mass is 269 g/mol. The van der Waals surface area contributed by atoms with Gasteiger partial charge in [0.05, 0.1) is 11.8 Å². The molecular weight excluding hydrogens is 256 g/mol. The molecule has 1 aliphatic heterocycles. The Kier molecular flexibility index (Phi) is 3.42. The van der Waals surface area contributed by atoms with E-state index in [9.17, 15) is 13.6 Å². The maximum atomic E-state index is 13.6. The molecule has 19 heavy (non-hydrogen) atoms. The van der Waals surface area contributed by atoms with Crippen LogP contribution in [0.4, 0.5) is 13.6 Å². The summed E-state index contributed by atoms with van der Waals surface area (Å²) in [5, 5.41) is 9.06. The molecule has 0 aromatic heterocycles. The number of carbonyl (C=O) groups is 1. The van der Waals surface area contributed by atoms with E-state index in [1.165, 1.54) is 12.3 Å². The molecule has 0 fully saturated rings. The molecule has 0 aliphatic carbocycles. The van der Waals surface area contributed by atoms with Crippen molar-refractivity contribution in [2.24, 2.45) is 5.92 Å². The van der Waals surface area contributed by atoms with E-state index in [0.717, 1.165) is 17.0 Å². The van der Waals surface area contributed by atoms with Gasteiger partial charge in [0.1, 0.15) is 17.4 Å². The van der Waals surface area contributed by atoms with Gasteiger partial charge in [-0.15, -0.1) is 0 Å². The molecule has 0 bridgehead atoms. The van der Waals surface area contributed by atoms with E-state index >= 15 is 0 Å². The van der Waals surface area contributed by atoms with E-state index in [4.69, 9.17) is 9.84 Å². The van der Waals surface area contributed by atoms with Crippen molar-refractivity contribution >= 4 is 11.9 Å². The number of halogens is 2. The predicted molar refractivity (Wildman–Crippen MR) is 63.9 cm³/mol. The molecule has 1 aliphatic rings. The first-order valence-corrected chi connectivity index (χ1v) is 5.75. The summed E-state index contributed by atoms with van der Waals surface area (Å²) in [6.45, 7) is 3.58. The van der Waals surface area contributed by atoms with Crippen LogP contribution in [0.2, 0.25) is 0 Å². The zero-order chi connectivity index (χ0) is 14.2. The van der Waals surface area contributed by atoms with Crippen LogP contribution in [0.5, 0.6) is 0 Å². The molecule has 0 saturated heterocycles. The molecule has 4 nitrogen and oxygen atoms in total. The third-order valence-corrected chi connectivity index (χ3v) is 2.77. The minimum Gasteiger partial charge on any atom is -0.467 e. The minimum absolute atomic E-state index is 0.0378. The van der Waals surface area contributed by atoms with Gasteiger partial charge in [-0.2, -0.15) is 0 Å². The molecule has 0 saturated carbocycles. The van der Waals surface area contributed by atoms with E-state index in [1.807, 2.05) is 0 Å². The van der Waals surface area contributed by atoms with Crippen molar-refractivity contribution in [2.45, 2.75) is 20.1 Å². The first kappa shape index (κ1) is 13.3. The largest absolute Gasteiger partial charge is 0.467 e. The molecular formula is C13H13F2NO3. The Morgan fingerprint density at radius 1 is 1.42 bits per heavy atom. The number of benzene rings is 1. The second-order valence-corrected chi connectivity index (χ2v) is 4.56. The highest BCUT2D eigenvalue weighted by molar-refractivity contribution is 5.72. The summed E-state index contributed by atoms with van der Waals surface area (Å²) in [6.07, 6.45) is -0.684. The van der Waals surface area contributed by atoms with Gasteiger partial charge in [0.25, 0.3) is 0 Å². The van der Waals surface area contributed by atoms with E-state index in [0.29, 0.717) is 0 Å². The van der Waals surface area contributed by atoms with Crippen LogP contribution in [0.3, 0.4) is 0 Å². The van der Waals surface area contributed by atoms with Gasteiger partial charge in [0.15, 0.2) is 6.23 Å². The second kappa shape index (κ2) is 4.87.